The van der Waals surface area contributed by atoms with Gasteiger partial charge in [-0.2, -0.15) is 0 Å². The molecule has 1 atom stereocenters. The number of fused-ring (bicyclic) bond motifs is 3. The van der Waals surface area contributed by atoms with Gasteiger partial charge >= 0.3 is 0 Å². The van der Waals surface area contributed by atoms with E-state index >= 15 is 0 Å². The van der Waals surface area contributed by atoms with E-state index in [0.29, 0.717) is 30.3 Å². The van der Waals surface area contributed by atoms with Crippen molar-refractivity contribution in [1.29, 1.82) is 0 Å². The third kappa shape index (κ3) is 8.45. The molecule has 5 nitrogen and oxygen atoms in total. The van der Waals surface area contributed by atoms with Gasteiger partial charge in [0.05, 0.1) is 16.7 Å². The van der Waals surface area contributed by atoms with Crippen molar-refractivity contribution in [3.63, 3.8) is 0 Å². The van der Waals surface area contributed by atoms with Crippen molar-refractivity contribution < 1.29 is 9.47 Å². The molecule has 0 saturated carbocycles. The van der Waals surface area contributed by atoms with E-state index in [0.717, 1.165) is 70.5 Å². The van der Waals surface area contributed by atoms with Crippen LogP contribution in [0.3, 0.4) is 0 Å². The molecule has 0 bridgehead atoms. The first kappa shape index (κ1) is 42.2. The van der Waals surface area contributed by atoms with Crippen LogP contribution in [0.25, 0.3) is 38.8 Å². The van der Waals surface area contributed by atoms with Gasteiger partial charge in [-0.05, 0) is 136 Å². The van der Waals surface area contributed by atoms with Crippen LogP contribution in [0.2, 0.25) is 0 Å². The number of rotatable bonds is 12. The average molecular weight is 790 g/mol. The van der Waals surface area contributed by atoms with E-state index in [2.05, 4.69) is 173 Å². The largest absolute Gasteiger partial charge is 0.475 e. The Hall–Kier alpha value is -4.90. The van der Waals surface area contributed by atoms with Gasteiger partial charge < -0.3 is 9.47 Å². The SMILES string of the molecule is CCCC(CCC)[C@]1(C)COC(c2cc(Oc3cc(-n4c5ccc(C(C)(C)C)cc5c5cccnc54)cc(C(C)(C)C)c3)cc(-c3c(C(C)C)cccc3C(C)C)c2)=N1. The molecule has 59 heavy (non-hydrogen) atoms. The van der Waals surface area contributed by atoms with Gasteiger partial charge in [0.1, 0.15) is 23.8 Å². The van der Waals surface area contributed by atoms with Crippen molar-refractivity contribution in [2.75, 3.05) is 6.61 Å². The highest BCUT2D eigenvalue weighted by Gasteiger charge is 2.39. The summed E-state index contributed by atoms with van der Waals surface area (Å²) in [5.74, 6) is 3.40. The maximum Gasteiger partial charge on any atom is 0.216 e. The molecule has 0 fully saturated rings. The summed E-state index contributed by atoms with van der Waals surface area (Å²) in [7, 11) is 0. The van der Waals surface area contributed by atoms with Crippen molar-refractivity contribution in [1.82, 2.24) is 9.55 Å². The Kier molecular flexibility index (Phi) is 11.7. The van der Waals surface area contributed by atoms with Crippen LogP contribution in [0, 0.1) is 5.92 Å². The Morgan fingerprint density at radius 3 is 1.98 bits per heavy atom. The molecule has 0 spiro atoms. The summed E-state index contributed by atoms with van der Waals surface area (Å²) in [5.41, 5.74) is 11.2. The molecule has 310 valence electrons. The number of aromatic nitrogens is 2. The number of ether oxygens (including phenoxy) is 2. The van der Waals surface area contributed by atoms with E-state index in [4.69, 9.17) is 19.5 Å². The third-order valence-corrected chi connectivity index (χ3v) is 12.5. The average Bonchev–Trinajstić information content (AvgIpc) is 3.75. The minimum Gasteiger partial charge on any atom is -0.475 e. The summed E-state index contributed by atoms with van der Waals surface area (Å²) >= 11 is 0. The lowest BCUT2D eigenvalue weighted by atomic mass is 9.81. The lowest BCUT2D eigenvalue weighted by molar-refractivity contribution is 0.188. The Balaban J connectivity index is 1.43. The highest BCUT2D eigenvalue weighted by Crippen LogP contribution is 2.42. The van der Waals surface area contributed by atoms with Gasteiger partial charge in [0.25, 0.3) is 0 Å². The summed E-state index contributed by atoms with van der Waals surface area (Å²) in [6.45, 7) is 30.2. The fraction of sp³-hybridized carbons (Fsp3) is 0.444. The first-order valence-electron chi connectivity index (χ1n) is 22.2. The highest BCUT2D eigenvalue weighted by molar-refractivity contribution is 6.08. The van der Waals surface area contributed by atoms with Gasteiger partial charge in [-0.1, -0.05) is 120 Å². The van der Waals surface area contributed by atoms with Crippen LogP contribution in [-0.4, -0.2) is 27.6 Å². The van der Waals surface area contributed by atoms with Gasteiger partial charge in [0, 0.05) is 28.6 Å². The van der Waals surface area contributed by atoms with Gasteiger partial charge in [-0.15, -0.1) is 0 Å². The molecule has 3 heterocycles. The zero-order valence-electron chi connectivity index (χ0n) is 38.1. The fourth-order valence-electron chi connectivity index (χ4n) is 9.06. The number of pyridine rings is 1. The zero-order valence-corrected chi connectivity index (χ0v) is 38.1. The fourth-order valence-corrected chi connectivity index (χ4v) is 9.06. The van der Waals surface area contributed by atoms with Crippen LogP contribution < -0.4 is 4.74 Å². The Morgan fingerprint density at radius 2 is 1.36 bits per heavy atom. The molecule has 0 radical (unpaired) electrons. The van der Waals surface area contributed by atoms with Crippen LogP contribution in [0.5, 0.6) is 11.5 Å². The molecule has 0 saturated heterocycles. The maximum absolute atomic E-state index is 7.14. The zero-order chi connectivity index (χ0) is 42.4. The topological polar surface area (TPSA) is 48.6 Å². The monoisotopic (exact) mass is 790 g/mol. The van der Waals surface area contributed by atoms with Crippen molar-refractivity contribution in [3.05, 3.63) is 119 Å². The number of nitrogens with zero attached hydrogens (tertiary/aromatic N) is 3. The van der Waals surface area contributed by atoms with Gasteiger partial charge in [0.15, 0.2) is 0 Å². The van der Waals surface area contributed by atoms with E-state index in [1.165, 1.54) is 33.2 Å². The van der Waals surface area contributed by atoms with Crippen LogP contribution in [0.15, 0.2) is 96.1 Å². The van der Waals surface area contributed by atoms with Gasteiger partial charge in [0.2, 0.25) is 5.90 Å². The number of hydrogen-bond donors (Lipinski definition) is 0. The molecule has 0 amide bonds. The molecule has 2 aromatic heterocycles. The molecule has 5 heteroatoms. The van der Waals surface area contributed by atoms with Crippen molar-refractivity contribution >= 4 is 27.8 Å². The molecule has 0 N–H and O–H groups in total. The Morgan fingerprint density at radius 1 is 0.712 bits per heavy atom. The second-order valence-electron chi connectivity index (χ2n) is 20.0. The Bertz CT molecular complexity index is 2470. The molecule has 0 aliphatic carbocycles. The van der Waals surface area contributed by atoms with Crippen LogP contribution >= 0.6 is 0 Å². The first-order valence-corrected chi connectivity index (χ1v) is 22.2. The summed E-state index contributed by atoms with van der Waals surface area (Å²) in [5, 5.41) is 2.35. The van der Waals surface area contributed by atoms with E-state index < -0.39 is 0 Å². The van der Waals surface area contributed by atoms with Gasteiger partial charge in [-0.3, -0.25) is 4.57 Å². The van der Waals surface area contributed by atoms with E-state index in [1.807, 2.05) is 12.3 Å². The summed E-state index contributed by atoms with van der Waals surface area (Å²) in [6, 6.07) is 31.2. The van der Waals surface area contributed by atoms with Crippen LogP contribution in [0.4, 0.5) is 0 Å². The molecule has 1 aliphatic rings. The third-order valence-electron chi connectivity index (χ3n) is 12.5. The first-order chi connectivity index (χ1) is 27.9. The number of aliphatic imine (C=N–C) groups is 1. The second-order valence-corrected chi connectivity index (χ2v) is 20.0. The molecule has 1 aliphatic heterocycles. The lowest BCUT2D eigenvalue weighted by Gasteiger charge is -2.29. The summed E-state index contributed by atoms with van der Waals surface area (Å²) in [4.78, 5) is 10.4. The molecular formula is C54H67N3O2. The van der Waals surface area contributed by atoms with Crippen LogP contribution in [-0.2, 0) is 15.6 Å². The van der Waals surface area contributed by atoms with Crippen LogP contribution in [0.1, 0.15) is 155 Å². The van der Waals surface area contributed by atoms with E-state index in [9.17, 15) is 0 Å². The quantitative estimate of drug-likeness (QED) is 0.124. The molecule has 6 aromatic rings. The maximum atomic E-state index is 7.14. The molecule has 7 rings (SSSR count). The van der Waals surface area contributed by atoms with Crippen molar-refractivity contribution in [3.8, 4) is 28.3 Å². The lowest BCUT2D eigenvalue weighted by Crippen LogP contribution is -2.34. The number of benzene rings is 4. The summed E-state index contributed by atoms with van der Waals surface area (Å²) in [6.07, 6.45) is 6.46. The standard InChI is InChI=1S/C54H67N3O2/c1-14-18-38(19-15-2)54(13)33-58-51(56-54)37-26-36(49-44(34(3)4)20-16-21-45(49)35(5)6)27-42(28-37)59-43-30-40(53(10,11)12)29-41(32-43)57-48-24-23-39(52(7,8)9)31-47(48)46-22-17-25-55-50(46)57/h16-17,20-32,34-35,38H,14-15,18-19,33H2,1-13H3/t54-/m0/s1. The molecule has 0 unspecified atom stereocenters. The van der Waals surface area contributed by atoms with E-state index in [1.54, 1.807) is 0 Å². The minimum atomic E-state index is -0.267. The predicted molar refractivity (Wildman–Crippen MR) is 250 cm³/mol. The highest BCUT2D eigenvalue weighted by atomic mass is 16.5. The molecule has 4 aromatic carbocycles. The van der Waals surface area contributed by atoms with Gasteiger partial charge in [-0.25, -0.2) is 9.98 Å². The predicted octanol–water partition coefficient (Wildman–Crippen LogP) is 15.2. The molecular weight excluding hydrogens is 723 g/mol. The van der Waals surface area contributed by atoms with E-state index in [-0.39, 0.29) is 16.4 Å². The second kappa shape index (κ2) is 16.3. The minimum absolute atomic E-state index is 0.0252. The number of hydrogen-bond acceptors (Lipinski definition) is 4. The smallest absolute Gasteiger partial charge is 0.216 e. The summed E-state index contributed by atoms with van der Waals surface area (Å²) < 4.78 is 16.0. The van der Waals surface area contributed by atoms with Crippen molar-refractivity contribution in [2.24, 2.45) is 10.9 Å². The normalized spacial score (nSPS) is 16.2. The Labute approximate surface area is 354 Å². The van der Waals surface area contributed by atoms with Crippen molar-refractivity contribution in [2.45, 2.75) is 144 Å².